The normalized spacial score (nSPS) is 10.4. The van der Waals surface area contributed by atoms with Crippen LogP contribution in [0.1, 0.15) is 10.4 Å². The molecule has 2 aromatic rings. The van der Waals surface area contributed by atoms with Gasteiger partial charge in [0.1, 0.15) is 11.6 Å². The molecule has 0 amide bonds. The van der Waals surface area contributed by atoms with Crippen LogP contribution in [-0.4, -0.2) is 18.2 Å². The smallest absolute Gasteiger partial charge is 0.336 e. The van der Waals surface area contributed by atoms with Crippen molar-refractivity contribution >= 4 is 16.7 Å². The fraction of sp³-hybridized carbons (Fsp3) is 0.0833. The molecule has 3 nitrogen and oxygen atoms in total. The second-order valence-electron chi connectivity index (χ2n) is 3.31. The van der Waals surface area contributed by atoms with Crippen molar-refractivity contribution in [3.05, 3.63) is 41.7 Å². The van der Waals surface area contributed by atoms with Crippen LogP contribution in [-0.2, 0) is 0 Å². The minimum absolute atomic E-state index is 0.0651. The van der Waals surface area contributed by atoms with Gasteiger partial charge in [-0.2, -0.15) is 0 Å². The molecule has 1 N–H and O–H groups in total. The average molecular weight is 220 g/mol. The SMILES string of the molecule is COc1ccc(C(=O)O)c2cc(F)ccc12. The number of carboxylic acid groups (broad SMARTS) is 1. The van der Waals surface area contributed by atoms with Crippen molar-refractivity contribution in [1.82, 2.24) is 0 Å². The summed E-state index contributed by atoms with van der Waals surface area (Å²) >= 11 is 0. The highest BCUT2D eigenvalue weighted by molar-refractivity contribution is 6.05. The molecule has 0 aliphatic carbocycles. The van der Waals surface area contributed by atoms with Crippen LogP contribution in [0.3, 0.4) is 0 Å². The number of benzene rings is 2. The highest BCUT2D eigenvalue weighted by atomic mass is 19.1. The Kier molecular flexibility index (Phi) is 2.48. The van der Waals surface area contributed by atoms with Gasteiger partial charge < -0.3 is 9.84 Å². The summed E-state index contributed by atoms with van der Waals surface area (Å²) in [5, 5.41) is 9.90. The monoisotopic (exact) mass is 220 g/mol. The first-order chi connectivity index (χ1) is 7.63. The van der Waals surface area contributed by atoms with Gasteiger partial charge in [0.25, 0.3) is 0 Å². The van der Waals surface area contributed by atoms with Crippen LogP contribution in [0.5, 0.6) is 5.75 Å². The highest BCUT2D eigenvalue weighted by Crippen LogP contribution is 2.29. The predicted octanol–water partition coefficient (Wildman–Crippen LogP) is 2.69. The van der Waals surface area contributed by atoms with Crippen LogP contribution in [0.25, 0.3) is 10.8 Å². The van der Waals surface area contributed by atoms with Crippen molar-refractivity contribution in [1.29, 1.82) is 0 Å². The van der Waals surface area contributed by atoms with E-state index < -0.39 is 11.8 Å². The quantitative estimate of drug-likeness (QED) is 0.846. The topological polar surface area (TPSA) is 46.5 Å². The fourth-order valence-corrected chi connectivity index (χ4v) is 1.66. The lowest BCUT2D eigenvalue weighted by atomic mass is 10.0. The summed E-state index contributed by atoms with van der Waals surface area (Å²) < 4.78 is 18.2. The van der Waals surface area contributed by atoms with Crippen LogP contribution >= 0.6 is 0 Å². The largest absolute Gasteiger partial charge is 0.496 e. The van der Waals surface area contributed by atoms with Crippen LogP contribution in [0, 0.1) is 5.82 Å². The second-order valence-corrected chi connectivity index (χ2v) is 3.31. The van der Waals surface area contributed by atoms with E-state index in [9.17, 15) is 9.18 Å². The Morgan fingerprint density at radius 1 is 1.25 bits per heavy atom. The maximum atomic E-state index is 13.1. The Bertz CT molecular complexity index is 563. The Morgan fingerprint density at radius 3 is 2.62 bits per heavy atom. The van der Waals surface area contributed by atoms with E-state index in [0.29, 0.717) is 16.5 Å². The van der Waals surface area contributed by atoms with Gasteiger partial charge in [-0.15, -0.1) is 0 Å². The molecule has 0 saturated carbocycles. The summed E-state index contributed by atoms with van der Waals surface area (Å²) in [6.45, 7) is 0. The summed E-state index contributed by atoms with van der Waals surface area (Å²) in [7, 11) is 1.48. The number of hydrogen-bond donors (Lipinski definition) is 1. The molecule has 0 unspecified atom stereocenters. The summed E-state index contributed by atoms with van der Waals surface area (Å²) in [6, 6.07) is 6.94. The second kappa shape index (κ2) is 3.81. The first-order valence-electron chi connectivity index (χ1n) is 4.63. The molecule has 2 rings (SSSR count). The first-order valence-corrected chi connectivity index (χ1v) is 4.63. The third-order valence-corrected chi connectivity index (χ3v) is 2.39. The maximum Gasteiger partial charge on any atom is 0.336 e. The van der Waals surface area contributed by atoms with Gasteiger partial charge >= 0.3 is 5.97 Å². The number of ether oxygens (including phenoxy) is 1. The Labute approximate surface area is 91.1 Å². The fourth-order valence-electron chi connectivity index (χ4n) is 1.66. The molecule has 4 heteroatoms. The minimum Gasteiger partial charge on any atom is -0.496 e. The lowest BCUT2D eigenvalue weighted by molar-refractivity contribution is 0.0699. The maximum absolute atomic E-state index is 13.1. The number of carboxylic acids is 1. The van der Waals surface area contributed by atoms with Gasteiger partial charge in [-0.1, -0.05) is 0 Å². The van der Waals surface area contributed by atoms with Crippen molar-refractivity contribution in [2.24, 2.45) is 0 Å². The van der Waals surface area contributed by atoms with Crippen molar-refractivity contribution in [2.45, 2.75) is 0 Å². The molecule has 0 bridgehead atoms. The van der Waals surface area contributed by atoms with Gasteiger partial charge in [-0.25, -0.2) is 9.18 Å². The molecule has 0 fully saturated rings. The van der Waals surface area contributed by atoms with E-state index in [1.165, 1.54) is 31.4 Å². The number of methoxy groups -OCH3 is 1. The van der Waals surface area contributed by atoms with Crippen LogP contribution in [0.2, 0.25) is 0 Å². The number of carbonyl (C=O) groups is 1. The number of halogens is 1. The van der Waals surface area contributed by atoms with E-state index in [4.69, 9.17) is 9.84 Å². The molecule has 16 heavy (non-hydrogen) atoms. The molecule has 2 aromatic carbocycles. The number of fused-ring (bicyclic) bond motifs is 1. The van der Waals surface area contributed by atoms with E-state index in [1.54, 1.807) is 6.07 Å². The van der Waals surface area contributed by atoms with Gasteiger partial charge in [0.05, 0.1) is 12.7 Å². The lowest BCUT2D eigenvalue weighted by Gasteiger charge is -2.07. The lowest BCUT2D eigenvalue weighted by Crippen LogP contribution is -1.98. The van der Waals surface area contributed by atoms with Crippen molar-refractivity contribution in [3.63, 3.8) is 0 Å². The van der Waals surface area contributed by atoms with E-state index in [0.717, 1.165) is 0 Å². The summed E-state index contributed by atoms with van der Waals surface area (Å²) in [5.74, 6) is -1.03. The van der Waals surface area contributed by atoms with E-state index in [-0.39, 0.29) is 5.56 Å². The van der Waals surface area contributed by atoms with Crippen LogP contribution in [0.15, 0.2) is 30.3 Å². The Morgan fingerprint density at radius 2 is 2.00 bits per heavy atom. The van der Waals surface area contributed by atoms with Crippen molar-refractivity contribution in [3.8, 4) is 5.75 Å². The zero-order chi connectivity index (χ0) is 11.7. The molecular weight excluding hydrogens is 211 g/mol. The molecule has 0 aliphatic heterocycles. The van der Waals surface area contributed by atoms with Gasteiger partial charge in [0.15, 0.2) is 0 Å². The van der Waals surface area contributed by atoms with Gasteiger partial charge in [-0.05, 0) is 30.3 Å². The van der Waals surface area contributed by atoms with Gasteiger partial charge in [-0.3, -0.25) is 0 Å². The average Bonchev–Trinajstić information content (AvgIpc) is 2.26. The zero-order valence-electron chi connectivity index (χ0n) is 8.53. The van der Waals surface area contributed by atoms with Crippen LogP contribution < -0.4 is 4.74 Å². The van der Waals surface area contributed by atoms with Gasteiger partial charge in [0, 0.05) is 10.8 Å². The van der Waals surface area contributed by atoms with E-state index >= 15 is 0 Å². The molecule has 0 aromatic heterocycles. The molecule has 0 saturated heterocycles. The molecule has 0 radical (unpaired) electrons. The zero-order valence-corrected chi connectivity index (χ0v) is 8.53. The molecule has 82 valence electrons. The third kappa shape index (κ3) is 1.58. The predicted molar refractivity (Wildman–Crippen MR) is 57.4 cm³/mol. The first kappa shape index (κ1) is 10.4. The van der Waals surface area contributed by atoms with Crippen LogP contribution in [0.4, 0.5) is 4.39 Å². The molecule has 0 spiro atoms. The van der Waals surface area contributed by atoms with Crippen molar-refractivity contribution < 1.29 is 19.0 Å². The summed E-state index contributed by atoms with van der Waals surface area (Å²) in [4.78, 5) is 11.0. The number of hydrogen-bond acceptors (Lipinski definition) is 2. The molecule has 0 aliphatic rings. The number of rotatable bonds is 2. The third-order valence-electron chi connectivity index (χ3n) is 2.39. The minimum atomic E-state index is -1.08. The summed E-state index contributed by atoms with van der Waals surface area (Å²) in [5.41, 5.74) is 0.0651. The van der Waals surface area contributed by atoms with E-state index in [2.05, 4.69) is 0 Å². The Hall–Kier alpha value is -2.10. The number of aromatic carboxylic acids is 1. The highest BCUT2D eigenvalue weighted by Gasteiger charge is 2.12. The molecule has 0 heterocycles. The molecule has 0 atom stereocenters. The molecular formula is C12H9FO3. The summed E-state index contributed by atoms with van der Waals surface area (Å²) in [6.07, 6.45) is 0. The Balaban J connectivity index is 2.85. The van der Waals surface area contributed by atoms with Gasteiger partial charge in [0.2, 0.25) is 0 Å². The van der Waals surface area contributed by atoms with E-state index in [1.807, 2.05) is 0 Å². The van der Waals surface area contributed by atoms with Crippen molar-refractivity contribution in [2.75, 3.05) is 7.11 Å². The standard InChI is InChI=1S/C12H9FO3/c1-16-11-5-4-9(12(14)15)10-6-7(13)2-3-8(10)11/h2-6H,1H3,(H,14,15).